The zero-order valence-electron chi connectivity index (χ0n) is 14.4. The second kappa shape index (κ2) is 6.60. The Kier molecular flexibility index (Phi) is 4.97. The van der Waals surface area contributed by atoms with E-state index in [-0.39, 0.29) is 0 Å². The number of amides is 1. The van der Waals surface area contributed by atoms with E-state index in [4.69, 9.17) is 9.47 Å². The van der Waals surface area contributed by atoms with E-state index in [2.05, 4.69) is 22.2 Å². The Morgan fingerprint density at radius 3 is 2.70 bits per heavy atom. The number of nitrogens with one attached hydrogen (secondary N) is 2. The van der Waals surface area contributed by atoms with E-state index in [9.17, 15) is 9.59 Å². The Morgan fingerprint density at radius 1 is 1.43 bits per heavy atom. The third-order valence-corrected chi connectivity index (χ3v) is 3.82. The van der Waals surface area contributed by atoms with Gasteiger partial charge in [0.05, 0.1) is 12.8 Å². The monoisotopic (exact) mass is 323 g/mol. The summed E-state index contributed by atoms with van der Waals surface area (Å²) in [4.78, 5) is 31.7. The third-order valence-electron chi connectivity index (χ3n) is 3.82. The lowest BCUT2D eigenvalue weighted by Crippen LogP contribution is -2.39. The molecule has 0 bridgehead atoms. The highest BCUT2D eigenvalue weighted by molar-refractivity contribution is 5.82. The van der Waals surface area contributed by atoms with Crippen LogP contribution in [-0.2, 0) is 20.7 Å². The molecule has 0 saturated heterocycles. The molecule has 0 fully saturated rings. The van der Waals surface area contributed by atoms with Crippen molar-refractivity contribution in [2.24, 2.45) is 0 Å². The summed E-state index contributed by atoms with van der Waals surface area (Å²) in [7, 11) is 1.28. The number of H-pyrrole nitrogens is 1. The molecule has 2 N–H and O–H groups in total. The fourth-order valence-corrected chi connectivity index (χ4v) is 2.74. The normalized spacial score (nSPS) is 18.2. The quantitative estimate of drug-likeness (QED) is 0.831. The molecule has 2 atom stereocenters. The molecule has 1 aromatic heterocycles. The third kappa shape index (κ3) is 4.03. The molecular weight excluding hydrogens is 298 g/mol. The molecule has 7 heteroatoms. The maximum Gasteiger partial charge on any atom is 0.408 e. The fourth-order valence-electron chi connectivity index (χ4n) is 2.74. The SMILES string of the molecule is CCC1CCc2[nH]c([C@H](NC(=O)OC(C)(C)C)C(=O)OC)nc21. The molecule has 1 heterocycles. The highest BCUT2D eigenvalue weighted by Crippen LogP contribution is 2.34. The Hall–Kier alpha value is -2.05. The van der Waals surface area contributed by atoms with Gasteiger partial charge in [0.2, 0.25) is 0 Å². The number of aryl methyl sites for hydroxylation is 1. The second-order valence-electron chi connectivity index (χ2n) is 6.73. The van der Waals surface area contributed by atoms with Gasteiger partial charge in [-0.25, -0.2) is 14.6 Å². The molecule has 1 amide bonds. The van der Waals surface area contributed by atoms with E-state index < -0.39 is 23.7 Å². The van der Waals surface area contributed by atoms with E-state index >= 15 is 0 Å². The summed E-state index contributed by atoms with van der Waals surface area (Å²) in [5, 5.41) is 2.53. The summed E-state index contributed by atoms with van der Waals surface area (Å²) in [6.45, 7) is 7.39. The van der Waals surface area contributed by atoms with Gasteiger partial charge in [-0.2, -0.15) is 0 Å². The van der Waals surface area contributed by atoms with Gasteiger partial charge in [-0.05, 0) is 40.0 Å². The number of aromatic nitrogens is 2. The number of fused-ring (bicyclic) bond motifs is 1. The predicted octanol–water partition coefficient (Wildman–Crippen LogP) is 2.59. The molecular formula is C16H25N3O4. The number of rotatable bonds is 4. The van der Waals surface area contributed by atoms with Crippen LogP contribution in [0.4, 0.5) is 4.79 Å². The van der Waals surface area contributed by atoms with Gasteiger partial charge in [0.1, 0.15) is 11.4 Å². The van der Waals surface area contributed by atoms with Gasteiger partial charge >= 0.3 is 12.1 Å². The molecule has 23 heavy (non-hydrogen) atoms. The minimum absolute atomic E-state index is 0.394. The van der Waals surface area contributed by atoms with Crippen LogP contribution in [0.2, 0.25) is 0 Å². The van der Waals surface area contributed by atoms with Crippen molar-refractivity contribution in [3.8, 4) is 0 Å². The van der Waals surface area contributed by atoms with Crippen LogP contribution in [-0.4, -0.2) is 34.7 Å². The smallest absolute Gasteiger partial charge is 0.408 e. The second-order valence-corrected chi connectivity index (χ2v) is 6.73. The Labute approximate surface area is 136 Å². The summed E-state index contributed by atoms with van der Waals surface area (Å²) in [6.07, 6.45) is 2.28. The molecule has 0 radical (unpaired) electrons. The van der Waals surface area contributed by atoms with Gasteiger partial charge in [0.25, 0.3) is 0 Å². The van der Waals surface area contributed by atoms with Crippen molar-refractivity contribution in [1.82, 2.24) is 15.3 Å². The van der Waals surface area contributed by atoms with Gasteiger partial charge < -0.3 is 19.8 Å². The number of imidazole rings is 1. The van der Waals surface area contributed by atoms with Crippen LogP contribution in [0.5, 0.6) is 0 Å². The first-order chi connectivity index (χ1) is 10.7. The van der Waals surface area contributed by atoms with Crippen molar-refractivity contribution >= 4 is 12.1 Å². The first kappa shape index (κ1) is 17.3. The lowest BCUT2D eigenvalue weighted by atomic mass is 10.1. The van der Waals surface area contributed by atoms with Crippen molar-refractivity contribution in [2.75, 3.05) is 7.11 Å². The first-order valence-electron chi connectivity index (χ1n) is 7.91. The van der Waals surface area contributed by atoms with Crippen LogP contribution in [0, 0.1) is 0 Å². The van der Waals surface area contributed by atoms with Crippen LogP contribution in [0.25, 0.3) is 0 Å². The van der Waals surface area contributed by atoms with Crippen LogP contribution >= 0.6 is 0 Å². The van der Waals surface area contributed by atoms with Crippen molar-refractivity contribution in [2.45, 2.75) is 64.5 Å². The van der Waals surface area contributed by atoms with Gasteiger partial charge in [0.15, 0.2) is 6.04 Å². The lowest BCUT2D eigenvalue weighted by Gasteiger charge is -2.22. The molecule has 1 aromatic rings. The number of nitrogens with zero attached hydrogens (tertiary/aromatic N) is 1. The molecule has 1 aliphatic carbocycles. The lowest BCUT2D eigenvalue weighted by molar-refractivity contribution is -0.143. The van der Waals surface area contributed by atoms with Crippen molar-refractivity contribution in [1.29, 1.82) is 0 Å². The standard InChI is InChI=1S/C16H25N3O4/c1-6-9-7-8-10-11(9)18-13(17-10)12(14(20)22-5)19-15(21)23-16(2,3)4/h9,12H,6-8H2,1-5H3,(H,17,18)(H,19,21)/t9?,12-/m0/s1. The largest absolute Gasteiger partial charge is 0.467 e. The average molecular weight is 323 g/mol. The van der Waals surface area contributed by atoms with Crippen molar-refractivity contribution < 1.29 is 19.1 Å². The fraction of sp³-hybridized carbons (Fsp3) is 0.688. The Bertz CT molecular complexity index is 589. The number of carbonyl (C=O) groups excluding carboxylic acids is 2. The maximum absolute atomic E-state index is 12.0. The topological polar surface area (TPSA) is 93.3 Å². The Balaban J connectivity index is 2.20. The number of hydrogen-bond acceptors (Lipinski definition) is 5. The van der Waals surface area contributed by atoms with Gasteiger partial charge in [0, 0.05) is 11.6 Å². The summed E-state index contributed by atoms with van der Waals surface area (Å²) >= 11 is 0. The van der Waals surface area contributed by atoms with Gasteiger partial charge in [-0.15, -0.1) is 0 Å². The van der Waals surface area contributed by atoms with E-state index in [0.717, 1.165) is 30.7 Å². The molecule has 0 aromatic carbocycles. The number of aromatic amines is 1. The Morgan fingerprint density at radius 2 is 2.13 bits per heavy atom. The van der Waals surface area contributed by atoms with Gasteiger partial charge in [-0.3, -0.25) is 0 Å². The predicted molar refractivity (Wildman–Crippen MR) is 84.1 cm³/mol. The summed E-state index contributed by atoms with van der Waals surface area (Å²) in [5.74, 6) is 0.206. The molecule has 0 saturated carbocycles. The van der Waals surface area contributed by atoms with Crippen molar-refractivity contribution in [3.63, 3.8) is 0 Å². The van der Waals surface area contributed by atoms with Gasteiger partial charge in [-0.1, -0.05) is 6.92 Å². The highest BCUT2D eigenvalue weighted by Gasteiger charge is 2.33. The minimum atomic E-state index is -1.00. The first-order valence-corrected chi connectivity index (χ1v) is 7.91. The number of ether oxygens (including phenoxy) is 2. The molecule has 2 rings (SSSR count). The van der Waals surface area contributed by atoms with Crippen LogP contribution < -0.4 is 5.32 Å². The molecule has 0 aliphatic heterocycles. The molecule has 0 spiro atoms. The number of methoxy groups -OCH3 is 1. The average Bonchev–Trinajstić information content (AvgIpc) is 3.01. The molecule has 1 unspecified atom stereocenters. The van der Waals surface area contributed by atoms with E-state index in [1.54, 1.807) is 20.8 Å². The van der Waals surface area contributed by atoms with E-state index in [1.807, 2.05) is 0 Å². The van der Waals surface area contributed by atoms with E-state index in [1.165, 1.54) is 7.11 Å². The highest BCUT2D eigenvalue weighted by atomic mass is 16.6. The number of hydrogen-bond donors (Lipinski definition) is 2. The van der Waals surface area contributed by atoms with Crippen LogP contribution in [0.3, 0.4) is 0 Å². The summed E-state index contributed by atoms with van der Waals surface area (Å²) in [6, 6.07) is -1.00. The summed E-state index contributed by atoms with van der Waals surface area (Å²) < 4.78 is 9.99. The molecule has 7 nitrogen and oxygen atoms in total. The zero-order chi connectivity index (χ0) is 17.2. The number of carbonyl (C=O) groups is 2. The van der Waals surface area contributed by atoms with Crippen LogP contribution in [0.1, 0.15) is 69.7 Å². The molecule has 128 valence electrons. The number of alkyl carbamates (subject to hydrolysis) is 1. The minimum Gasteiger partial charge on any atom is -0.467 e. The maximum atomic E-state index is 12.0. The van der Waals surface area contributed by atoms with Crippen LogP contribution in [0.15, 0.2) is 0 Å². The molecule has 1 aliphatic rings. The van der Waals surface area contributed by atoms with Crippen molar-refractivity contribution in [3.05, 3.63) is 17.2 Å². The number of esters is 1. The van der Waals surface area contributed by atoms with E-state index in [0.29, 0.717) is 11.7 Å². The zero-order valence-corrected chi connectivity index (χ0v) is 14.4. The summed E-state index contributed by atoms with van der Waals surface area (Å²) in [5.41, 5.74) is 1.37.